The number of carbonyl (C=O) groups excluding carboxylic acids is 2. The number of halogens is 1. The molecule has 2 saturated carbocycles. The highest BCUT2D eigenvalue weighted by molar-refractivity contribution is 6.30. The van der Waals surface area contributed by atoms with Gasteiger partial charge in [0, 0.05) is 17.4 Å². The van der Waals surface area contributed by atoms with Crippen LogP contribution >= 0.6 is 11.6 Å². The normalized spacial score (nSPS) is 28.0. The van der Waals surface area contributed by atoms with Crippen LogP contribution < -0.4 is 0 Å². The Hall–Kier alpha value is -2.14. The van der Waals surface area contributed by atoms with Crippen molar-refractivity contribution in [3.05, 3.63) is 46.7 Å². The number of para-hydroxylation sites is 1. The first-order valence-corrected chi connectivity index (χ1v) is 10.0. The molecule has 1 heterocycles. The van der Waals surface area contributed by atoms with E-state index < -0.39 is 16.2 Å². The molecule has 0 spiro atoms. The number of carbonyl (C=O) groups is 2. The fourth-order valence-corrected chi connectivity index (χ4v) is 5.35. The van der Waals surface area contributed by atoms with Crippen LogP contribution in [0.25, 0.3) is 5.69 Å². The Morgan fingerprint density at radius 2 is 1.89 bits per heavy atom. The summed E-state index contributed by atoms with van der Waals surface area (Å²) in [7, 11) is 0. The maximum Gasteiger partial charge on any atom is 0.313 e. The average molecular weight is 401 g/mol. The summed E-state index contributed by atoms with van der Waals surface area (Å²) in [5.74, 6) is -0.123. The van der Waals surface area contributed by atoms with Crippen molar-refractivity contribution < 1.29 is 14.3 Å². The van der Waals surface area contributed by atoms with Crippen LogP contribution in [0.4, 0.5) is 0 Å². The second-order valence-electron chi connectivity index (χ2n) is 8.82. The number of aromatic nitrogens is 2. The van der Waals surface area contributed by atoms with Crippen molar-refractivity contribution in [3.63, 3.8) is 0 Å². The molecule has 2 aliphatic rings. The van der Waals surface area contributed by atoms with Crippen molar-refractivity contribution in [2.24, 2.45) is 16.2 Å². The summed E-state index contributed by atoms with van der Waals surface area (Å²) in [4.78, 5) is 25.7. The number of hydrogen-bond acceptors (Lipinski definition) is 4. The maximum absolute atomic E-state index is 13.2. The van der Waals surface area contributed by atoms with Gasteiger partial charge in [0.25, 0.3) is 0 Å². The fourth-order valence-electron chi connectivity index (χ4n) is 5.02. The summed E-state index contributed by atoms with van der Waals surface area (Å²) in [5.41, 5.74) is 0.657. The number of ether oxygens (including phenoxy) is 1. The Bertz CT molecular complexity index is 966. The number of aryl methyl sites for hydroxylation is 1. The average Bonchev–Trinajstić information content (AvgIpc) is 3.12. The Morgan fingerprint density at radius 3 is 2.46 bits per heavy atom. The molecule has 2 atom stereocenters. The van der Waals surface area contributed by atoms with Gasteiger partial charge in [-0.15, -0.1) is 0 Å². The van der Waals surface area contributed by atoms with E-state index in [1.165, 1.54) is 0 Å². The SMILES string of the molecule is Cc1nn(-c2ccccc2)c(Cl)c1COC(=O)C12CCC(C)(C(=O)C1)C2(C)C. The lowest BCUT2D eigenvalue weighted by Gasteiger charge is -2.37. The summed E-state index contributed by atoms with van der Waals surface area (Å²) in [6.45, 7) is 7.94. The molecule has 0 amide bonds. The molecule has 4 rings (SSSR count). The molecule has 6 heteroatoms. The van der Waals surface area contributed by atoms with E-state index in [4.69, 9.17) is 16.3 Å². The molecule has 0 N–H and O–H groups in total. The number of esters is 1. The van der Waals surface area contributed by atoms with Crippen LogP contribution in [0.3, 0.4) is 0 Å². The van der Waals surface area contributed by atoms with Crippen LogP contribution in [-0.4, -0.2) is 21.5 Å². The molecule has 2 fully saturated rings. The highest BCUT2D eigenvalue weighted by Crippen LogP contribution is 2.70. The van der Waals surface area contributed by atoms with E-state index in [2.05, 4.69) is 5.10 Å². The molecule has 0 saturated heterocycles. The van der Waals surface area contributed by atoms with Crippen LogP contribution in [0.1, 0.15) is 51.3 Å². The first-order valence-electron chi connectivity index (χ1n) is 9.64. The minimum absolute atomic E-state index is 0.0546. The van der Waals surface area contributed by atoms with Gasteiger partial charge in [0.2, 0.25) is 0 Å². The van der Waals surface area contributed by atoms with Crippen molar-refractivity contribution in [3.8, 4) is 5.69 Å². The van der Waals surface area contributed by atoms with Crippen LogP contribution in [0.15, 0.2) is 30.3 Å². The Morgan fingerprint density at radius 1 is 1.21 bits per heavy atom. The largest absolute Gasteiger partial charge is 0.460 e. The molecule has 2 unspecified atom stereocenters. The third kappa shape index (κ3) is 2.35. The standard InChI is InChI=1S/C22H25ClN2O3/c1-14-16(18(23)25(24-14)15-8-6-5-7-9-15)13-28-19(27)22-11-10-21(4,17(26)12-22)20(22,2)3/h5-9H,10-13H2,1-4H3. The van der Waals surface area contributed by atoms with Crippen molar-refractivity contribution in [2.45, 2.75) is 53.6 Å². The molecule has 0 radical (unpaired) electrons. The van der Waals surface area contributed by atoms with Gasteiger partial charge in [-0.3, -0.25) is 9.59 Å². The van der Waals surface area contributed by atoms with E-state index in [0.29, 0.717) is 17.1 Å². The van der Waals surface area contributed by atoms with Crippen LogP contribution in [0.5, 0.6) is 0 Å². The van der Waals surface area contributed by atoms with E-state index in [1.807, 2.05) is 58.0 Å². The number of hydrogen-bond donors (Lipinski definition) is 0. The second-order valence-corrected chi connectivity index (χ2v) is 9.18. The lowest BCUT2D eigenvalue weighted by atomic mass is 9.65. The molecular formula is C22H25ClN2O3. The monoisotopic (exact) mass is 400 g/mol. The molecule has 28 heavy (non-hydrogen) atoms. The molecule has 0 aliphatic heterocycles. The summed E-state index contributed by atoms with van der Waals surface area (Å²) in [5, 5.41) is 4.93. The molecule has 2 aliphatic carbocycles. The predicted octanol–water partition coefficient (Wildman–Crippen LogP) is 4.66. The van der Waals surface area contributed by atoms with Gasteiger partial charge in [0.05, 0.1) is 16.8 Å². The van der Waals surface area contributed by atoms with Crippen molar-refractivity contribution in [1.29, 1.82) is 0 Å². The maximum atomic E-state index is 13.2. The zero-order chi connectivity index (χ0) is 20.3. The molecule has 2 aromatic rings. The lowest BCUT2D eigenvalue weighted by Crippen LogP contribution is -2.41. The minimum Gasteiger partial charge on any atom is -0.460 e. The van der Waals surface area contributed by atoms with Crippen LogP contribution in [-0.2, 0) is 20.9 Å². The summed E-state index contributed by atoms with van der Waals surface area (Å²) in [6, 6.07) is 9.59. The third-order valence-electron chi connectivity index (χ3n) is 7.57. The summed E-state index contributed by atoms with van der Waals surface area (Å²) in [6.07, 6.45) is 1.70. The van der Waals surface area contributed by atoms with Crippen LogP contribution in [0.2, 0.25) is 5.15 Å². The number of rotatable bonds is 4. The predicted molar refractivity (Wildman–Crippen MR) is 106 cm³/mol. The first kappa shape index (κ1) is 19.2. The minimum atomic E-state index is -0.741. The number of nitrogens with zero attached hydrogens (tertiary/aromatic N) is 2. The molecule has 2 bridgehead atoms. The number of benzene rings is 1. The lowest BCUT2D eigenvalue weighted by molar-refractivity contribution is -0.163. The molecule has 5 nitrogen and oxygen atoms in total. The molecule has 1 aromatic carbocycles. The first-order chi connectivity index (χ1) is 13.1. The van der Waals surface area contributed by atoms with Crippen molar-refractivity contribution in [1.82, 2.24) is 9.78 Å². The highest BCUT2D eigenvalue weighted by atomic mass is 35.5. The van der Waals surface area contributed by atoms with Crippen molar-refractivity contribution >= 4 is 23.4 Å². The third-order valence-corrected chi connectivity index (χ3v) is 7.95. The van der Waals surface area contributed by atoms with E-state index in [1.54, 1.807) is 4.68 Å². The highest BCUT2D eigenvalue weighted by Gasteiger charge is 2.73. The van der Waals surface area contributed by atoms with E-state index in [-0.39, 0.29) is 24.8 Å². The van der Waals surface area contributed by atoms with Gasteiger partial charge in [0.1, 0.15) is 17.5 Å². The van der Waals surface area contributed by atoms with Gasteiger partial charge >= 0.3 is 5.97 Å². The van der Waals surface area contributed by atoms with E-state index >= 15 is 0 Å². The molecule has 148 valence electrons. The van der Waals surface area contributed by atoms with Crippen molar-refractivity contribution in [2.75, 3.05) is 0 Å². The molecule has 1 aromatic heterocycles. The van der Waals surface area contributed by atoms with Gasteiger partial charge in [-0.05, 0) is 37.3 Å². The number of Topliss-reactive ketones (excluding diaryl/α,β-unsaturated/α-hetero) is 1. The Kier molecular flexibility index (Phi) is 4.23. The number of fused-ring (bicyclic) bond motifs is 2. The quantitative estimate of drug-likeness (QED) is 0.700. The summed E-state index contributed by atoms with van der Waals surface area (Å²) >= 11 is 6.54. The fraction of sp³-hybridized carbons (Fsp3) is 0.500. The van der Waals surface area contributed by atoms with Gasteiger partial charge in [-0.2, -0.15) is 5.10 Å². The second kappa shape index (κ2) is 6.18. The molecular weight excluding hydrogens is 376 g/mol. The van der Waals surface area contributed by atoms with Gasteiger partial charge < -0.3 is 4.74 Å². The zero-order valence-electron chi connectivity index (χ0n) is 16.7. The van der Waals surface area contributed by atoms with Crippen LogP contribution in [0, 0.1) is 23.2 Å². The Labute approximate surface area is 170 Å². The van der Waals surface area contributed by atoms with E-state index in [0.717, 1.165) is 17.8 Å². The number of ketones is 1. The topological polar surface area (TPSA) is 61.2 Å². The zero-order valence-corrected chi connectivity index (χ0v) is 17.5. The van der Waals surface area contributed by atoms with E-state index in [9.17, 15) is 9.59 Å². The smallest absolute Gasteiger partial charge is 0.313 e. The van der Waals surface area contributed by atoms with Gasteiger partial charge in [-0.1, -0.05) is 50.6 Å². The Balaban J connectivity index is 1.57. The van der Waals surface area contributed by atoms with Gasteiger partial charge in [-0.25, -0.2) is 4.68 Å². The summed E-state index contributed by atoms with van der Waals surface area (Å²) < 4.78 is 7.39. The van der Waals surface area contributed by atoms with Gasteiger partial charge in [0.15, 0.2) is 0 Å².